The molecule has 0 unspecified atom stereocenters. The second kappa shape index (κ2) is 17.0. The number of fused-ring (bicyclic) bond motifs is 2. The minimum Gasteiger partial charge on any atom is -0.508 e. The molecule has 0 amide bonds. The van der Waals surface area contributed by atoms with E-state index >= 15 is 0 Å². The number of rotatable bonds is 1. The predicted molar refractivity (Wildman–Crippen MR) is 169 cm³/mol. The number of aromatic amines is 1. The maximum atomic E-state index is 11.3. The van der Waals surface area contributed by atoms with Crippen LogP contribution < -0.4 is 10.3 Å². The molecular weight excluding hydrogens is 868 g/mol. The van der Waals surface area contributed by atoms with Crippen molar-refractivity contribution in [3.05, 3.63) is 73.0 Å². The molecule has 2 aromatic heterocycles. The minimum atomic E-state index is -0.750. The summed E-state index contributed by atoms with van der Waals surface area (Å²) in [6, 6.07) is 14.2. The van der Waals surface area contributed by atoms with Gasteiger partial charge in [-0.2, -0.15) is 0 Å². The van der Waals surface area contributed by atoms with Gasteiger partial charge in [0.1, 0.15) is 16.7 Å². The normalized spacial score (nSPS) is 9.91. The molecule has 2 aromatic carbocycles. The first kappa shape index (κ1) is 33.3. The molecule has 0 spiro atoms. The third kappa shape index (κ3) is 13.1. The Morgan fingerprint density at radius 1 is 0.971 bits per heavy atom. The number of alkyl halides is 3. The highest BCUT2D eigenvalue weighted by Gasteiger charge is 2.02. The van der Waals surface area contributed by atoms with Gasteiger partial charge in [0.25, 0.3) is 5.56 Å². The number of H-pyrrole nitrogens is 1. The third-order valence-corrected chi connectivity index (χ3v) is 5.43. The summed E-state index contributed by atoms with van der Waals surface area (Å²) in [5, 5.41) is 11.5. The first-order valence-electron chi connectivity index (χ1n) is 8.99. The average Bonchev–Trinajstić information content (AvgIpc) is 2.75. The second-order valence-corrected chi connectivity index (χ2v) is 16.5. The maximum absolute atomic E-state index is 11.3. The van der Waals surface area contributed by atoms with Gasteiger partial charge < -0.3 is 14.8 Å². The van der Waals surface area contributed by atoms with Crippen LogP contribution in [-0.2, 0) is 0 Å². The highest BCUT2D eigenvalue weighted by atomic mass is 79.9. The molecule has 0 aliphatic heterocycles. The Kier molecular flexibility index (Phi) is 16.2. The molecule has 0 saturated carbocycles. The van der Waals surface area contributed by atoms with E-state index in [2.05, 4.69) is 89.1 Å². The molecule has 15 heteroatoms. The predicted octanol–water partition coefficient (Wildman–Crippen LogP) is 9.80. The molecule has 0 saturated heterocycles. The fraction of sp³-hybridized carbons (Fsp3) is 0.100. The third-order valence-electron chi connectivity index (χ3n) is 3.72. The summed E-state index contributed by atoms with van der Waals surface area (Å²) in [6.45, 7) is 0. The molecule has 0 fully saturated rings. The van der Waals surface area contributed by atoms with E-state index in [0.717, 1.165) is 26.5 Å². The van der Waals surface area contributed by atoms with Crippen LogP contribution in [0.4, 0.5) is 0 Å². The Morgan fingerprint density at radius 2 is 1.51 bits per heavy atom. The van der Waals surface area contributed by atoms with Crippen molar-refractivity contribution in [2.24, 2.45) is 0 Å². The van der Waals surface area contributed by atoms with E-state index in [9.17, 15) is 9.90 Å². The number of ether oxygens (including phenoxy) is 1. The minimum absolute atomic E-state index is 0.134. The van der Waals surface area contributed by atoms with Crippen molar-refractivity contribution >= 4 is 151 Å². The monoisotopic (exact) mass is 876 g/mol. The molecule has 0 aliphatic rings. The van der Waals surface area contributed by atoms with Gasteiger partial charge in [-0.05, 0) is 73.6 Å². The summed E-state index contributed by atoms with van der Waals surface area (Å²) >= 11 is 36.0. The van der Waals surface area contributed by atoms with Crippen LogP contribution in [0.15, 0.2) is 62.3 Å². The number of methoxy groups -OCH3 is 1. The summed E-state index contributed by atoms with van der Waals surface area (Å²) in [5.41, 5.74) is 1.33. The summed E-state index contributed by atoms with van der Waals surface area (Å²) < 4.78 is 5.87. The largest absolute Gasteiger partial charge is 0.508 e. The molecule has 0 atom stereocenters. The van der Waals surface area contributed by atoms with E-state index in [1.165, 1.54) is 0 Å². The summed E-state index contributed by atoms with van der Waals surface area (Å²) in [4.78, 5) is 18.1. The van der Waals surface area contributed by atoms with Crippen molar-refractivity contribution in [3.8, 4) is 11.5 Å². The number of pyridine rings is 2. The topological polar surface area (TPSA) is 75.2 Å². The van der Waals surface area contributed by atoms with Crippen LogP contribution in [0.5, 0.6) is 11.5 Å². The van der Waals surface area contributed by atoms with Crippen molar-refractivity contribution in [1.29, 1.82) is 0 Å². The van der Waals surface area contributed by atoms with Gasteiger partial charge >= 0.3 is 3.18 Å². The number of hydrogen-bond acceptors (Lipinski definition) is 4. The first-order valence-corrected chi connectivity index (χ1v) is 15.0. The molecule has 0 aliphatic carbocycles. The Morgan fingerprint density at radius 3 is 2.09 bits per heavy atom. The lowest BCUT2D eigenvalue weighted by Crippen LogP contribution is -2.05. The number of halogens is 9. The van der Waals surface area contributed by atoms with Gasteiger partial charge in [0, 0.05) is 17.5 Å². The number of aromatic nitrogens is 2. The Labute approximate surface area is 263 Å². The zero-order chi connectivity index (χ0) is 26.7. The number of benzene rings is 2. The number of nitrogens with one attached hydrogen (secondary N) is 1. The van der Waals surface area contributed by atoms with Crippen LogP contribution in [0.3, 0.4) is 0 Å². The molecule has 5 nitrogen and oxygen atoms in total. The SMILES string of the molecule is BrB(Br)Br.COc1ccc2cc(Br)c(=O)[nH]c2c1.ClC(Cl)Cl.Oc1ccc2cc(Br)c(Cl)nc2c1. The molecule has 4 aromatic rings. The lowest BCUT2D eigenvalue weighted by Gasteiger charge is -2.02. The van der Waals surface area contributed by atoms with Gasteiger partial charge in [-0.25, -0.2) is 4.98 Å². The van der Waals surface area contributed by atoms with Crippen molar-refractivity contribution in [2.45, 2.75) is 4.30 Å². The lowest BCUT2D eigenvalue weighted by molar-refractivity contribution is 0.415. The van der Waals surface area contributed by atoms with Crippen LogP contribution in [0, 0.1) is 0 Å². The smallest absolute Gasteiger partial charge is 0.369 e. The average molecular weight is 882 g/mol. The lowest BCUT2D eigenvalue weighted by atomic mass is 10.2. The number of phenolic OH excluding ortho intramolecular Hbond substituents is 1. The number of nitrogens with zero attached hydrogens (tertiary/aromatic N) is 1. The second-order valence-electron chi connectivity index (χ2n) is 6.03. The van der Waals surface area contributed by atoms with Crippen LogP contribution in [0.2, 0.25) is 5.15 Å². The van der Waals surface area contributed by atoms with Crippen molar-refractivity contribution < 1.29 is 9.84 Å². The summed E-state index contributed by atoms with van der Waals surface area (Å²) in [7, 11) is 1.60. The zero-order valence-corrected chi connectivity index (χ0v) is 28.3. The van der Waals surface area contributed by atoms with E-state index in [0.29, 0.717) is 15.1 Å². The van der Waals surface area contributed by atoms with Gasteiger partial charge in [0.05, 0.1) is 27.1 Å². The number of phenols is 1. The highest BCUT2D eigenvalue weighted by molar-refractivity contribution is 9.69. The Bertz CT molecular complexity index is 1300. The molecule has 0 bridgehead atoms. The quantitative estimate of drug-likeness (QED) is 0.114. The molecule has 35 heavy (non-hydrogen) atoms. The fourth-order valence-corrected chi connectivity index (χ4v) is 3.21. The van der Waals surface area contributed by atoms with Gasteiger partial charge in [-0.15, -0.1) is 47.3 Å². The van der Waals surface area contributed by atoms with Crippen molar-refractivity contribution in [2.75, 3.05) is 7.11 Å². The highest BCUT2D eigenvalue weighted by Crippen LogP contribution is 2.26. The Balaban J connectivity index is 0.000000270. The zero-order valence-electron chi connectivity index (χ0n) is 17.4. The summed E-state index contributed by atoms with van der Waals surface area (Å²) in [6.07, 6.45) is 0. The van der Waals surface area contributed by atoms with E-state index < -0.39 is 4.30 Å². The van der Waals surface area contributed by atoms with Gasteiger partial charge in [0.15, 0.2) is 4.30 Å². The molecular formula is C20H14BBr5Cl4N2O3. The number of aromatic hydroxyl groups is 1. The standard InChI is InChI=1S/C10H8BrNO2.C9H5BrClNO.CHCl3.BBr3/c1-14-7-3-2-6-4-8(11)10(13)12-9(6)5-7;10-7-3-5-1-2-6(13)4-8(5)12-9(7)11;2*2-1(3)4/h2-5H,1H3,(H,12,13);1-4,13H;1H;. The van der Waals surface area contributed by atoms with Crippen LogP contribution in [0.25, 0.3) is 21.8 Å². The molecule has 188 valence electrons. The molecule has 2 heterocycles. The maximum Gasteiger partial charge on any atom is 0.369 e. The van der Waals surface area contributed by atoms with Gasteiger partial charge in [0.2, 0.25) is 0 Å². The van der Waals surface area contributed by atoms with E-state index in [4.69, 9.17) is 51.1 Å². The molecule has 2 N–H and O–H groups in total. The van der Waals surface area contributed by atoms with Crippen LogP contribution in [0.1, 0.15) is 0 Å². The van der Waals surface area contributed by atoms with Crippen LogP contribution in [-0.4, -0.2) is 29.7 Å². The fourth-order valence-electron chi connectivity index (χ4n) is 2.39. The molecule has 0 radical (unpaired) electrons. The van der Waals surface area contributed by atoms with E-state index in [-0.39, 0.29) is 14.5 Å². The number of hydrogen-bond donors (Lipinski definition) is 2. The first-order chi connectivity index (χ1) is 16.3. The van der Waals surface area contributed by atoms with Crippen molar-refractivity contribution in [3.63, 3.8) is 0 Å². The van der Waals surface area contributed by atoms with Gasteiger partial charge in [-0.1, -0.05) is 46.4 Å². The van der Waals surface area contributed by atoms with Crippen LogP contribution >= 0.6 is 126 Å². The van der Waals surface area contributed by atoms with E-state index in [1.807, 2.05) is 18.2 Å². The van der Waals surface area contributed by atoms with E-state index in [1.54, 1.807) is 37.4 Å². The Hall–Kier alpha value is 0.285. The molecule has 4 rings (SSSR count). The summed E-state index contributed by atoms with van der Waals surface area (Å²) in [5.74, 6) is 0.925. The van der Waals surface area contributed by atoms with Crippen molar-refractivity contribution in [1.82, 2.24) is 9.97 Å². The van der Waals surface area contributed by atoms with Gasteiger partial charge in [-0.3, -0.25) is 4.79 Å².